The molecule has 0 unspecified atom stereocenters. The third kappa shape index (κ3) is 4.78. The Hall–Kier alpha value is -5.51. The van der Waals surface area contributed by atoms with Crippen molar-refractivity contribution in [2.75, 3.05) is 5.73 Å². The molecule has 0 radical (unpaired) electrons. The number of benzene rings is 2. The van der Waals surface area contributed by atoms with Crippen LogP contribution in [0.25, 0.3) is 39.5 Å². The molecule has 9 nitrogen and oxygen atoms in total. The molecule has 0 aliphatic heterocycles. The second-order valence-corrected chi connectivity index (χ2v) is 8.73. The van der Waals surface area contributed by atoms with E-state index in [1.807, 2.05) is 47.0 Å². The minimum atomic E-state index is -0.457. The fourth-order valence-corrected chi connectivity index (χ4v) is 4.26. The summed E-state index contributed by atoms with van der Waals surface area (Å²) < 4.78 is 15.4. The zero-order valence-electron chi connectivity index (χ0n) is 20.5. The second-order valence-electron chi connectivity index (χ2n) is 8.73. The van der Waals surface area contributed by atoms with Gasteiger partial charge in [0.1, 0.15) is 23.5 Å². The molecule has 0 atom stereocenters. The third-order valence-corrected chi connectivity index (χ3v) is 6.17. The quantitative estimate of drug-likeness (QED) is 0.332. The van der Waals surface area contributed by atoms with Gasteiger partial charge in [-0.1, -0.05) is 18.2 Å². The summed E-state index contributed by atoms with van der Waals surface area (Å²) >= 11 is 0. The van der Waals surface area contributed by atoms with Crippen LogP contribution in [-0.4, -0.2) is 35.4 Å². The molecule has 2 aromatic carbocycles. The number of nitrogen functional groups attached to an aromatic ring is 1. The summed E-state index contributed by atoms with van der Waals surface area (Å²) in [7, 11) is 0. The first kappa shape index (κ1) is 23.9. The van der Waals surface area contributed by atoms with Crippen molar-refractivity contribution in [3.05, 3.63) is 115 Å². The highest BCUT2D eigenvalue weighted by molar-refractivity contribution is 5.94. The average Bonchev–Trinajstić information content (AvgIpc) is 3.35. The SMILES string of the molecule is Nc1ncccc1-c1nc2ccc(-c3cncnc3)nc2n1-c1ccc(CNC(=O)c2cccc(F)c2)cc1. The lowest BCUT2D eigenvalue weighted by molar-refractivity contribution is 0.0950. The molecule has 0 bridgehead atoms. The maximum Gasteiger partial charge on any atom is 0.251 e. The number of fused-ring (bicyclic) bond motifs is 1. The number of pyridine rings is 2. The van der Waals surface area contributed by atoms with Gasteiger partial charge in [-0.25, -0.2) is 29.3 Å². The van der Waals surface area contributed by atoms with E-state index in [0.717, 1.165) is 16.8 Å². The van der Waals surface area contributed by atoms with Crippen LogP contribution < -0.4 is 11.1 Å². The molecule has 0 spiro atoms. The van der Waals surface area contributed by atoms with Gasteiger partial charge in [-0.2, -0.15) is 0 Å². The van der Waals surface area contributed by atoms with Gasteiger partial charge in [0.05, 0.1) is 11.3 Å². The van der Waals surface area contributed by atoms with Crippen molar-refractivity contribution in [3.8, 4) is 28.3 Å². The number of imidazole rings is 1. The summed E-state index contributed by atoms with van der Waals surface area (Å²) in [5, 5.41) is 2.82. The Bertz CT molecular complexity index is 1800. The Morgan fingerprint density at radius 3 is 2.54 bits per heavy atom. The van der Waals surface area contributed by atoms with Gasteiger partial charge >= 0.3 is 0 Å². The topological polar surface area (TPSA) is 124 Å². The molecule has 3 N–H and O–H groups in total. The van der Waals surface area contributed by atoms with Crippen LogP contribution >= 0.6 is 0 Å². The lowest BCUT2D eigenvalue weighted by Crippen LogP contribution is -2.22. The highest BCUT2D eigenvalue weighted by Crippen LogP contribution is 2.31. The van der Waals surface area contributed by atoms with Crippen molar-refractivity contribution < 1.29 is 9.18 Å². The van der Waals surface area contributed by atoms with Gasteiger partial charge in [0, 0.05) is 41.9 Å². The Kier molecular flexibility index (Phi) is 6.18. The number of halogens is 1. The van der Waals surface area contributed by atoms with E-state index in [0.29, 0.717) is 34.1 Å². The number of nitrogens with one attached hydrogen (secondary N) is 1. The molecule has 0 saturated heterocycles. The fourth-order valence-electron chi connectivity index (χ4n) is 4.26. The largest absolute Gasteiger partial charge is 0.383 e. The van der Waals surface area contributed by atoms with Gasteiger partial charge in [-0.05, 0) is 60.2 Å². The summed E-state index contributed by atoms with van der Waals surface area (Å²) in [5.41, 5.74) is 11.6. The van der Waals surface area contributed by atoms with Crippen LogP contribution in [0, 0.1) is 5.82 Å². The van der Waals surface area contributed by atoms with Gasteiger partial charge in [-0.3, -0.25) is 9.36 Å². The number of nitrogens with zero attached hydrogens (tertiary/aromatic N) is 6. The van der Waals surface area contributed by atoms with Gasteiger partial charge in [0.15, 0.2) is 11.5 Å². The molecule has 4 aromatic heterocycles. The van der Waals surface area contributed by atoms with Crippen molar-refractivity contribution >= 4 is 22.9 Å². The van der Waals surface area contributed by atoms with Crippen molar-refractivity contribution in [3.63, 3.8) is 0 Å². The maximum absolute atomic E-state index is 13.5. The van der Waals surface area contributed by atoms with Crippen molar-refractivity contribution in [1.29, 1.82) is 0 Å². The fraction of sp³-hybridized carbons (Fsp3) is 0.0345. The molecule has 0 fully saturated rings. The van der Waals surface area contributed by atoms with Crippen LogP contribution in [0.1, 0.15) is 15.9 Å². The number of amides is 1. The van der Waals surface area contributed by atoms with Crippen LogP contribution in [0.4, 0.5) is 10.2 Å². The molecule has 0 aliphatic rings. The number of carbonyl (C=O) groups excluding carboxylic acids is 1. The molecule has 0 aliphatic carbocycles. The number of anilines is 1. The Morgan fingerprint density at radius 1 is 0.949 bits per heavy atom. The number of nitrogens with two attached hydrogens (primary N) is 1. The van der Waals surface area contributed by atoms with Crippen LogP contribution in [0.3, 0.4) is 0 Å². The normalized spacial score (nSPS) is 11.0. The highest BCUT2D eigenvalue weighted by atomic mass is 19.1. The molecule has 190 valence electrons. The molecule has 6 aromatic rings. The van der Waals surface area contributed by atoms with E-state index in [1.54, 1.807) is 30.7 Å². The van der Waals surface area contributed by atoms with Gasteiger partial charge < -0.3 is 11.1 Å². The third-order valence-electron chi connectivity index (χ3n) is 6.17. The Morgan fingerprint density at radius 2 is 1.77 bits per heavy atom. The molecule has 1 amide bonds. The molecule has 10 heteroatoms. The molecular weight excluding hydrogens is 495 g/mol. The number of rotatable bonds is 6. The Labute approximate surface area is 222 Å². The van der Waals surface area contributed by atoms with Crippen molar-refractivity contribution in [2.24, 2.45) is 0 Å². The molecule has 0 saturated carbocycles. The maximum atomic E-state index is 13.5. The molecule has 39 heavy (non-hydrogen) atoms. The number of aromatic nitrogens is 6. The average molecular weight is 517 g/mol. The van der Waals surface area contributed by atoms with Crippen LogP contribution in [0.5, 0.6) is 0 Å². The molecule has 4 heterocycles. The first-order chi connectivity index (χ1) is 19.1. The predicted molar refractivity (Wildman–Crippen MR) is 145 cm³/mol. The predicted octanol–water partition coefficient (Wildman–Crippen LogP) is 4.59. The van der Waals surface area contributed by atoms with Gasteiger partial charge in [0.2, 0.25) is 0 Å². The minimum Gasteiger partial charge on any atom is -0.383 e. The van der Waals surface area contributed by atoms with E-state index in [9.17, 15) is 9.18 Å². The van der Waals surface area contributed by atoms with Crippen molar-refractivity contribution in [2.45, 2.75) is 6.54 Å². The van der Waals surface area contributed by atoms with Crippen molar-refractivity contribution in [1.82, 2.24) is 34.8 Å². The zero-order valence-corrected chi connectivity index (χ0v) is 20.5. The number of hydrogen-bond donors (Lipinski definition) is 2. The van der Waals surface area contributed by atoms with E-state index >= 15 is 0 Å². The standard InChI is InChI=1S/C29H21FN8O/c30-21-4-1-3-19(13-21)29(39)35-14-18-6-8-22(9-7-18)38-27(23-5-2-12-34-26(23)31)37-25-11-10-24(36-28(25)38)20-15-32-17-33-16-20/h1-13,15-17H,14H2,(H2,31,34)(H,35,39). The number of carbonyl (C=O) groups is 1. The molecule has 6 rings (SSSR count). The van der Waals surface area contributed by atoms with Gasteiger partial charge in [-0.15, -0.1) is 0 Å². The highest BCUT2D eigenvalue weighted by Gasteiger charge is 2.19. The summed E-state index contributed by atoms with van der Waals surface area (Å²) in [6.07, 6.45) is 6.51. The smallest absolute Gasteiger partial charge is 0.251 e. The summed E-state index contributed by atoms with van der Waals surface area (Å²) in [6.45, 7) is 0.277. The Balaban J connectivity index is 1.38. The van der Waals surface area contributed by atoms with E-state index in [1.165, 1.54) is 24.5 Å². The van der Waals surface area contributed by atoms with E-state index in [2.05, 4.69) is 20.3 Å². The lowest BCUT2D eigenvalue weighted by Gasteiger charge is -2.12. The zero-order chi connectivity index (χ0) is 26.8. The molecular formula is C29H21FN8O. The van der Waals surface area contributed by atoms with E-state index in [4.69, 9.17) is 15.7 Å². The lowest BCUT2D eigenvalue weighted by atomic mass is 10.1. The van der Waals surface area contributed by atoms with Crippen LogP contribution in [0.2, 0.25) is 0 Å². The minimum absolute atomic E-state index is 0.265. The van der Waals surface area contributed by atoms with E-state index < -0.39 is 5.82 Å². The summed E-state index contributed by atoms with van der Waals surface area (Å²) in [5.74, 6) is 0.135. The summed E-state index contributed by atoms with van der Waals surface area (Å²) in [6, 6.07) is 20.7. The van der Waals surface area contributed by atoms with Gasteiger partial charge in [0.25, 0.3) is 5.91 Å². The first-order valence-electron chi connectivity index (χ1n) is 12.1. The number of hydrogen-bond acceptors (Lipinski definition) is 7. The summed E-state index contributed by atoms with van der Waals surface area (Å²) in [4.78, 5) is 34.6. The second kappa shape index (κ2) is 10.1. The first-order valence-corrected chi connectivity index (χ1v) is 12.1. The monoisotopic (exact) mass is 516 g/mol. The van der Waals surface area contributed by atoms with E-state index in [-0.39, 0.29) is 18.0 Å². The van der Waals surface area contributed by atoms with Crippen LogP contribution in [-0.2, 0) is 6.54 Å². The van der Waals surface area contributed by atoms with Crippen LogP contribution in [0.15, 0.2) is 97.7 Å².